The van der Waals surface area contributed by atoms with E-state index in [9.17, 15) is 5.11 Å². The van der Waals surface area contributed by atoms with Crippen molar-refractivity contribution in [2.45, 2.75) is 110 Å². The molecule has 0 radical (unpaired) electrons. The van der Waals surface area contributed by atoms with E-state index in [0.717, 1.165) is 49.9 Å². The van der Waals surface area contributed by atoms with Gasteiger partial charge >= 0.3 is 0 Å². The summed E-state index contributed by atoms with van der Waals surface area (Å²) in [6.45, 7) is 13.3. The first-order chi connectivity index (χ1) is 14.6. The molecule has 3 aliphatic rings. The molecule has 0 aromatic heterocycles. The molecule has 3 fully saturated rings. The molecule has 3 aliphatic carbocycles. The highest BCUT2D eigenvalue weighted by Crippen LogP contribution is 2.60. The highest BCUT2D eigenvalue weighted by atomic mass is 79.9. The van der Waals surface area contributed by atoms with Crippen LogP contribution in [0.15, 0.2) is 35.5 Å². The number of hydrogen-bond acceptors (Lipinski definition) is 2. The maximum Gasteiger partial charge on any atom is 0.102 e. The Bertz CT molecular complexity index is 686. The maximum atomic E-state index is 10.1. The molecule has 2 nitrogen and oxygen atoms in total. The predicted molar refractivity (Wildman–Crippen MR) is 135 cm³/mol. The van der Waals surface area contributed by atoms with Gasteiger partial charge in [0.15, 0.2) is 0 Å². The van der Waals surface area contributed by atoms with Crippen LogP contribution in [0.4, 0.5) is 0 Å². The van der Waals surface area contributed by atoms with Gasteiger partial charge in [-0.2, -0.15) is 0 Å². The van der Waals surface area contributed by atoms with Crippen LogP contribution in [-0.2, 0) is 4.74 Å². The summed E-state index contributed by atoms with van der Waals surface area (Å²) >= 11 is 3.41. The molecule has 0 spiro atoms. The number of halogens is 1. The molecule has 1 unspecified atom stereocenters. The third-order valence-electron chi connectivity index (χ3n) is 8.64. The summed E-state index contributed by atoms with van der Waals surface area (Å²) in [7, 11) is 0. The summed E-state index contributed by atoms with van der Waals surface area (Å²) in [5.41, 5.74) is 4.92. The molecule has 3 saturated carbocycles. The average molecular weight is 494 g/mol. The molecule has 31 heavy (non-hydrogen) atoms. The summed E-state index contributed by atoms with van der Waals surface area (Å²) in [6.07, 6.45) is 18.3. The monoisotopic (exact) mass is 492 g/mol. The van der Waals surface area contributed by atoms with Crippen LogP contribution in [0.2, 0.25) is 0 Å². The van der Waals surface area contributed by atoms with Gasteiger partial charge in [-0.05, 0) is 100 Å². The number of allylic oxidation sites excluding steroid dienone is 4. The van der Waals surface area contributed by atoms with Crippen molar-refractivity contribution in [1.82, 2.24) is 0 Å². The zero-order chi connectivity index (χ0) is 22.6. The lowest BCUT2D eigenvalue weighted by molar-refractivity contribution is 0.0596. The molecule has 0 heterocycles. The third-order valence-corrected chi connectivity index (χ3v) is 8.90. The summed E-state index contributed by atoms with van der Waals surface area (Å²) in [6, 6.07) is 0. The van der Waals surface area contributed by atoms with E-state index in [-0.39, 0.29) is 0 Å². The summed E-state index contributed by atoms with van der Waals surface area (Å²) in [5, 5.41) is 10.1. The molecular weight excluding hydrogens is 448 g/mol. The van der Waals surface area contributed by atoms with Gasteiger partial charge in [0.25, 0.3) is 0 Å². The molecule has 0 saturated heterocycles. The van der Waals surface area contributed by atoms with E-state index in [4.69, 9.17) is 4.74 Å². The van der Waals surface area contributed by atoms with E-state index in [1.807, 2.05) is 13.8 Å². The Balaban J connectivity index is 1.68. The number of alkyl halides is 1. The molecule has 0 bridgehead atoms. The predicted octanol–water partition coefficient (Wildman–Crippen LogP) is 8.11. The van der Waals surface area contributed by atoms with Crippen molar-refractivity contribution in [3.05, 3.63) is 35.5 Å². The van der Waals surface area contributed by atoms with E-state index in [2.05, 4.69) is 48.5 Å². The van der Waals surface area contributed by atoms with Crippen molar-refractivity contribution in [2.24, 2.45) is 23.2 Å². The lowest BCUT2D eigenvalue weighted by Gasteiger charge is -2.44. The molecule has 3 heteroatoms. The van der Waals surface area contributed by atoms with Crippen molar-refractivity contribution in [3.63, 3.8) is 0 Å². The Kier molecular flexibility index (Phi) is 8.71. The van der Waals surface area contributed by atoms with Crippen LogP contribution < -0.4 is 0 Å². The average Bonchev–Trinajstić information content (AvgIpc) is 3.05. The van der Waals surface area contributed by atoms with Crippen molar-refractivity contribution in [1.29, 1.82) is 0 Å². The van der Waals surface area contributed by atoms with Crippen LogP contribution >= 0.6 is 15.9 Å². The van der Waals surface area contributed by atoms with Gasteiger partial charge in [-0.25, -0.2) is 0 Å². The van der Waals surface area contributed by atoms with Crippen molar-refractivity contribution in [3.8, 4) is 0 Å². The van der Waals surface area contributed by atoms with Gasteiger partial charge < -0.3 is 9.84 Å². The van der Waals surface area contributed by atoms with E-state index in [1.165, 1.54) is 49.7 Å². The molecule has 176 valence electrons. The number of hydrogen-bond donors (Lipinski definition) is 1. The zero-order valence-electron chi connectivity index (χ0n) is 20.4. The van der Waals surface area contributed by atoms with Crippen LogP contribution in [0.3, 0.4) is 0 Å². The van der Waals surface area contributed by atoms with Crippen LogP contribution in [-0.4, -0.2) is 22.3 Å². The number of fused-ring (bicyclic) bond motifs is 1. The van der Waals surface area contributed by atoms with E-state index < -0.39 is 5.60 Å². The second-order valence-corrected chi connectivity index (χ2v) is 11.9. The lowest BCUT2D eigenvalue weighted by atomic mass is 9.60. The summed E-state index contributed by atoms with van der Waals surface area (Å²) < 4.78 is 5.83. The first-order valence-corrected chi connectivity index (χ1v) is 13.7. The van der Waals surface area contributed by atoms with Gasteiger partial charge in [-0.15, -0.1) is 0 Å². The fourth-order valence-electron chi connectivity index (χ4n) is 6.88. The smallest absolute Gasteiger partial charge is 0.102 e. The molecule has 0 aliphatic heterocycles. The Morgan fingerprint density at radius 2 is 2.03 bits per heavy atom. The normalized spacial score (nSPS) is 35.5. The largest absolute Gasteiger partial charge is 0.390 e. The first kappa shape index (κ1) is 25.2. The van der Waals surface area contributed by atoms with Crippen LogP contribution in [0.1, 0.15) is 98.3 Å². The lowest BCUT2D eigenvalue weighted by Crippen LogP contribution is -2.36. The quantitative estimate of drug-likeness (QED) is 0.346. The fraction of sp³-hybridized carbons (Fsp3) is 0.786. The van der Waals surface area contributed by atoms with Crippen LogP contribution in [0, 0.1) is 23.2 Å². The Labute approximate surface area is 199 Å². The highest BCUT2D eigenvalue weighted by molar-refractivity contribution is 9.09. The SMILES string of the molecule is C=C1CC[C@H](OCBr)C/C1=C/C=C1\CCC[C@@]2(C)C1CC[C@@H]2[C@H](C)CCCC(C)(C)O. The Morgan fingerprint density at radius 3 is 2.74 bits per heavy atom. The van der Waals surface area contributed by atoms with E-state index in [0.29, 0.717) is 17.0 Å². The third kappa shape index (κ3) is 6.36. The highest BCUT2D eigenvalue weighted by Gasteiger charge is 2.50. The maximum absolute atomic E-state index is 10.1. The summed E-state index contributed by atoms with van der Waals surface area (Å²) in [4.78, 5) is 0. The van der Waals surface area contributed by atoms with E-state index >= 15 is 0 Å². The second-order valence-electron chi connectivity index (χ2n) is 11.5. The van der Waals surface area contributed by atoms with E-state index in [1.54, 1.807) is 5.57 Å². The zero-order valence-corrected chi connectivity index (χ0v) is 22.0. The minimum Gasteiger partial charge on any atom is -0.390 e. The first-order valence-electron chi connectivity index (χ1n) is 12.6. The van der Waals surface area contributed by atoms with Gasteiger partial charge in [-0.1, -0.05) is 72.5 Å². The molecule has 0 aromatic carbocycles. The molecule has 0 amide bonds. The van der Waals surface area contributed by atoms with Crippen molar-refractivity contribution >= 4 is 15.9 Å². The van der Waals surface area contributed by atoms with Gasteiger partial charge in [0.2, 0.25) is 0 Å². The Hall–Kier alpha value is -0.380. The van der Waals surface area contributed by atoms with Gasteiger partial charge in [0, 0.05) is 0 Å². The molecule has 0 aromatic rings. The van der Waals surface area contributed by atoms with Gasteiger partial charge in [-0.3, -0.25) is 0 Å². The van der Waals surface area contributed by atoms with Crippen molar-refractivity contribution < 1.29 is 9.84 Å². The standard InChI is InChI=1S/C28H45BrO2/c1-20-10-13-24(31-19-29)18-23(20)12-11-22-9-7-17-28(5)25(14-15-26(22)28)21(2)8-6-16-27(3,4)30/h11-12,21,24-26,30H,1,6-10,13-19H2,2-5H3/b22-11+,23-12-/t21-,24+,25-,26?,28-/m1/s1. The fourth-order valence-corrected chi connectivity index (χ4v) is 7.26. The summed E-state index contributed by atoms with van der Waals surface area (Å²) in [5.74, 6) is 2.30. The second kappa shape index (κ2) is 10.7. The minimum atomic E-state index is -0.530. The number of ether oxygens (including phenoxy) is 1. The van der Waals surface area contributed by atoms with Gasteiger partial charge in [0.05, 0.1) is 11.7 Å². The van der Waals surface area contributed by atoms with Gasteiger partial charge in [0.1, 0.15) is 5.52 Å². The number of aliphatic hydroxyl groups is 1. The topological polar surface area (TPSA) is 29.5 Å². The molecule has 1 N–H and O–H groups in total. The number of rotatable bonds is 8. The van der Waals surface area contributed by atoms with Crippen LogP contribution in [0.5, 0.6) is 0 Å². The molecule has 5 atom stereocenters. The minimum absolute atomic E-state index is 0.326. The molecule has 3 rings (SSSR count). The van der Waals surface area contributed by atoms with Crippen LogP contribution in [0.25, 0.3) is 0 Å². The Morgan fingerprint density at radius 1 is 1.26 bits per heavy atom. The van der Waals surface area contributed by atoms with Crippen molar-refractivity contribution in [2.75, 3.05) is 5.52 Å². The molecular formula is C28H45BrO2.